The number of hydrogen-bond acceptors (Lipinski definition) is 6. The van der Waals surface area contributed by atoms with Crippen molar-refractivity contribution >= 4 is 28.4 Å². The summed E-state index contributed by atoms with van der Waals surface area (Å²) in [5.74, 6) is 0. The molecule has 0 unspecified atom stereocenters. The molecule has 1 aromatic heterocycles. The molecule has 2 aromatic rings. The van der Waals surface area contributed by atoms with Crippen LogP contribution in [-0.4, -0.2) is 16.5 Å². The minimum Gasteiger partial charge on any atom is -0.393 e. The highest BCUT2D eigenvalue weighted by atomic mass is 32.1. The predicted octanol–water partition coefficient (Wildman–Crippen LogP) is 2.29. The van der Waals surface area contributed by atoms with Gasteiger partial charge in [0.25, 0.3) is 0 Å². The van der Waals surface area contributed by atoms with Gasteiger partial charge in [-0.1, -0.05) is 6.07 Å². The Labute approximate surface area is 108 Å². The van der Waals surface area contributed by atoms with E-state index in [1.54, 1.807) is 17.6 Å². The molecule has 0 saturated heterocycles. The smallest absolute Gasteiger partial charge is 0.314 e. The third-order valence-corrected chi connectivity index (χ3v) is 3.07. The van der Waals surface area contributed by atoms with Gasteiger partial charge in [-0.15, -0.1) is 11.3 Å². The zero-order chi connectivity index (χ0) is 13.0. The Morgan fingerprint density at radius 2 is 2.33 bits per heavy atom. The fourth-order valence-corrected chi connectivity index (χ4v) is 2.19. The second-order valence-corrected chi connectivity index (χ2v) is 4.38. The SMILES string of the molecule is Nc1cccc(NCCc2cscn2)c1[N+](=O)[O-]. The van der Waals surface area contributed by atoms with Crippen LogP contribution in [0.1, 0.15) is 5.69 Å². The molecule has 0 aliphatic rings. The number of nitrogens with zero attached hydrogens (tertiary/aromatic N) is 2. The summed E-state index contributed by atoms with van der Waals surface area (Å²) in [6.07, 6.45) is 0.718. The predicted molar refractivity (Wildman–Crippen MR) is 71.8 cm³/mol. The molecular weight excluding hydrogens is 252 g/mol. The van der Waals surface area contributed by atoms with Crippen LogP contribution in [0.25, 0.3) is 0 Å². The Bertz CT molecular complexity index is 542. The number of anilines is 2. The number of aromatic nitrogens is 1. The van der Waals surface area contributed by atoms with Crippen LogP contribution in [0.5, 0.6) is 0 Å². The molecule has 1 heterocycles. The van der Waals surface area contributed by atoms with Gasteiger partial charge in [0.15, 0.2) is 0 Å². The van der Waals surface area contributed by atoms with Crippen LogP contribution in [0.2, 0.25) is 0 Å². The summed E-state index contributed by atoms with van der Waals surface area (Å²) < 4.78 is 0. The summed E-state index contributed by atoms with van der Waals surface area (Å²) in [6, 6.07) is 4.85. The van der Waals surface area contributed by atoms with E-state index in [1.165, 1.54) is 17.4 Å². The lowest BCUT2D eigenvalue weighted by Gasteiger charge is -2.07. The van der Waals surface area contributed by atoms with Crippen LogP contribution in [0.3, 0.4) is 0 Å². The summed E-state index contributed by atoms with van der Waals surface area (Å²) >= 11 is 1.53. The molecule has 0 radical (unpaired) electrons. The minimum atomic E-state index is -0.472. The van der Waals surface area contributed by atoms with Crippen molar-refractivity contribution in [3.8, 4) is 0 Å². The molecule has 94 valence electrons. The van der Waals surface area contributed by atoms with Crippen molar-refractivity contribution in [1.29, 1.82) is 0 Å². The van der Waals surface area contributed by atoms with Crippen LogP contribution in [0.15, 0.2) is 29.1 Å². The number of nitrogens with one attached hydrogen (secondary N) is 1. The van der Waals surface area contributed by atoms with E-state index in [1.807, 2.05) is 5.38 Å². The Morgan fingerprint density at radius 3 is 3.00 bits per heavy atom. The molecule has 0 spiro atoms. The lowest BCUT2D eigenvalue weighted by atomic mass is 10.2. The number of nitro benzene ring substituents is 1. The summed E-state index contributed by atoms with van der Waals surface area (Å²) in [4.78, 5) is 14.6. The summed E-state index contributed by atoms with van der Waals surface area (Å²) in [7, 11) is 0. The van der Waals surface area contributed by atoms with Gasteiger partial charge in [-0.25, -0.2) is 4.98 Å². The molecule has 0 bridgehead atoms. The van der Waals surface area contributed by atoms with Crippen molar-refractivity contribution in [2.75, 3.05) is 17.6 Å². The topological polar surface area (TPSA) is 94.1 Å². The normalized spacial score (nSPS) is 10.2. The van der Waals surface area contributed by atoms with E-state index in [-0.39, 0.29) is 11.4 Å². The third-order valence-electron chi connectivity index (χ3n) is 2.43. The Hall–Kier alpha value is -2.15. The lowest BCUT2D eigenvalue weighted by Crippen LogP contribution is -2.08. The van der Waals surface area contributed by atoms with Gasteiger partial charge in [0.05, 0.1) is 16.1 Å². The zero-order valence-corrected chi connectivity index (χ0v) is 10.3. The van der Waals surface area contributed by atoms with E-state index >= 15 is 0 Å². The third kappa shape index (κ3) is 2.75. The number of benzene rings is 1. The first kappa shape index (κ1) is 12.3. The zero-order valence-electron chi connectivity index (χ0n) is 9.50. The molecule has 6 nitrogen and oxygen atoms in total. The van der Waals surface area contributed by atoms with Gasteiger partial charge in [-0.2, -0.15) is 0 Å². The fourth-order valence-electron chi connectivity index (χ4n) is 1.59. The molecule has 1 aromatic carbocycles. The van der Waals surface area contributed by atoms with Gasteiger partial charge < -0.3 is 11.1 Å². The van der Waals surface area contributed by atoms with Crippen LogP contribution in [0.4, 0.5) is 17.1 Å². The van der Waals surface area contributed by atoms with E-state index in [0.717, 1.165) is 12.1 Å². The number of hydrogen-bond donors (Lipinski definition) is 2. The second kappa shape index (κ2) is 5.46. The van der Waals surface area contributed by atoms with Gasteiger partial charge >= 0.3 is 5.69 Å². The molecule has 0 aliphatic carbocycles. The van der Waals surface area contributed by atoms with Crippen molar-refractivity contribution in [1.82, 2.24) is 4.98 Å². The average molecular weight is 264 g/mol. The summed E-state index contributed by atoms with van der Waals surface area (Å²) in [6.45, 7) is 0.577. The van der Waals surface area contributed by atoms with Crippen molar-refractivity contribution in [3.63, 3.8) is 0 Å². The van der Waals surface area contributed by atoms with E-state index in [0.29, 0.717) is 12.2 Å². The number of thiazole rings is 1. The Morgan fingerprint density at radius 1 is 1.50 bits per heavy atom. The van der Waals surface area contributed by atoms with Crippen LogP contribution in [-0.2, 0) is 6.42 Å². The van der Waals surface area contributed by atoms with Gasteiger partial charge in [-0.3, -0.25) is 10.1 Å². The summed E-state index contributed by atoms with van der Waals surface area (Å²) in [5.41, 5.74) is 8.86. The van der Waals surface area contributed by atoms with Gasteiger partial charge in [-0.05, 0) is 12.1 Å². The largest absolute Gasteiger partial charge is 0.393 e. The molecular formula is C11H12N4O2S. The molecule has 18 heavy (non-hydrogen) atoms. The molecule has 0 fully saturated rings. The first-order chi connectivity index (χ1) is 8.68. The number of rotatable bonds is 5. The maximum atomic E-state index is 10.9. The highest BCUT2D eigenvalue weighted by Crippen LogP contribution is 2.30. The minimum absolute atomic E-state index is 0.0734. The van der Waals surface area contributed by atoms with E-state index in [2.05, 4.69) is 10.3 Å². The quantitative estimate of drug-likeness (QED) is 0.491. The van der Waals surface area contributed by atoms with Crippen molar-refractivity contribution in [2.45, 2.75) is 6.42 Å². The number of para-hydroxylation sites is 1. The highest BCUT2D eigenvalue weighted by molar-refractivity contribution is 7.07. The number of nitrogens with two attached hydrogens (primary N) is 1. The monoisotopic (exact) mass is 264 g/mol. The van der Waals surface area contributed by atoms with Crippen molar-refractivity contribution < 1.29 is 4.92 Å². The standard InChI is InChI=1S/C11H12N4O2S/c12-9-2-1-3-10(11(9)15(16)17)13-5-4-8-6-18-7-14-8/h1-3,6-7,13H,4-5,12H2. The molecule has 3 N–H and O–H groups in total. The van der Waals surface area contributed by atoms with Crippen molar-refractivity contribution in [2.24, 2.45) is 0 Å². The van der Waals surface area contributed by atoms with Gasteiger partial charge in [0.2, 0.25) is 0 Å². The first-order valence-electron chi connectivity index (χ1n) is 5.32. The highest BCUT2D eigenvalue weighted by Gasteiger charge is 2.16. The van der Waals surface area contributed by atoms with Crippen LogP contribution in [0, 0.1) is 10.1 Å². The fraction of sp³-hybridized carbons (Fsp3) is 0.182. The maximum absolute atomic E-state index is 10.9. The molecule has 0 atom stereocenters. The van der Waals surface area contributed by atoms with Gasteiger partial charge in [0.1, 0.15) is 11.4 Å². The molecule has 0 saturated carbocycles. The maximum Gasteiger partial charge on any atom is 0.314 e. The number of nitro groups is 1. The molecule has 2 rings (SSSR count). The van der Waals surface area contributed by atoms with E-state index < -0.39 is 4.92 Å². The molecule has 0 amide bonds. The van der Waals surface area contributed by atoms with Crippen LogP contribution >= 0.6 is 11.3 Å². The van der Waals surface area contributed by atoms with E-state index in [4.69, 9.17) is 5.73 Å². The number of nitrogen functional groups attached to an aromatic ring is 1. The molecule has 0 aliphatic heterocycles. The lowest BCUT2D eigenvalue weighted by molar-refractivity contribution is -0.383. The second-order valence-electron chi connectivity index (χ2n) is 3.66. The van der Waals surface area contributed by atoms with Crippen LogP contribution < -0.4 is 11.1 Å². The average Bonchev–Trinajstić information content (AvgIpc) is 2.81. The molecule has 7 heteroatoms. The van der Waals surface area contributed by atoms with Crippen molar-refractivity contribution in [3.05, 3.63) is 44.9 Å². The Kier molecular flexibility index (Phi) is 3.73. The Balaban J connectivity index is 2.05. The summed E-state index contributed by atoms with van der Waals surface area (Å²) in [5, 5.41) is 15.9. The first-order valence-corrected chi connectivity index (χ1v) is 6.26. The van der Waals surface area contributed by atoms with E-state index in [9.17, 15) is 10.1 Å². The van der Waals surface area contributed by atoms with Gasteiger partial charge in [0, 0.05) is 18.3 Å².